The zero-order valence-corrected chi connectivity index (χ0v) is 9.58. The first-order valence-corrected chi connectivity index (χ1v) is 5.14. The molecule has 0 heterocycles. The minimum atomic E-state index is -0.820. The van der Waals surface area contributed by atoms with E-state index in [-0.39, 0.29) is 5.41 Å². The second kappa shape index (κ2) is 5.78. The van der Waals surface area contributed by atoms with Gasteiger partial charge in [0, 0.05) is 6.21 Å². The van der Waals surface area contributed by atoms with Crippen molar-refractivity contribution in [1.29, 1.82) is 0 Å². The SMILES string of the molecule is CCCC[C@H](N=CC(C)(C)C)C(=O)O. The number of aliphatic carboxylic acids is 1. The minimum Gasteiger partial charge on any atom is -0.480 e. The number of rotatable bonds is 5. The topological polar surface area (TPSA) is 49.7 Å². The van der Waals surface area contributed by atoms with E-state index in [9.17, 15) is 4.79 Å². The van der Waals surface area contributed by atoms with Crippen LogP contribution in [0.15, 0.2) is 4.99 Å². The standard InChI is InChI=1S/C11H21NO2/c1-5-6-7-9(10(13)14)12-8-11(2,3)4/h8-9H,5-7H2,1-4H3,(H,13,14)/t9-/m0/s1. The van der Waals surface area contributed by atoms with E-state index in [1.807, 2.05) is 27.7 Å². The maximum Gasteiger partial charge on any atom is 0.328 e. The first-order valence-electron chi connectivity index (χ1n) is 5.14. The van der Waals surface area contributed by atoms with Crippen molar-refractivity contribution in [3.63, 3.8) is 0 Å². The molecule has 0 aromatic heterocycles. The molecular formula is C11H21NO2. The highest BCUT2D eigenvalue weighted by Crippen LogP contribution is 2.11. The lowest BCUT2D eigenvalue weighted by Crippen LogP contribution is -2.20. The van der Waals surface area contributed by atoms with Gasteiger partial charge in [-0.3, -0.25) is 4.99 Å². The van der Waals surface area contributed by atoms with Crippen LogP contribution in [-0.2, 0) is 4.79 Å². The van der Waals surface area contributed by atoms with Crippen molar-refractivity contribution in [2.24, 2.45) is 10.4 Å². The fraction of sp³-hybridized carbons (Fsp3) is 0.818. The molecule has 0 amide bonds. The molecule has 14 heavy (non-hydrogen) atoms. The molecular weight excluding hydrogens is 178 g/mol. The third-order valence-corrected chi connectivity index (χ3v) is 1.76. The van der Waals surface area contributed by atoms with Gasteiger partial charge in [-0.1, -0.05) is 40.5 Å². The first kappa shape index (κ1) is 13.1. The summed E-state index contributed by atoms with van der Waals surface area (Å²) in [5, 5.41) is 8.88. The van der Waals surface area contributed by atoms with E-state index in [0.29, 0.717) is 6.42 Å². The summed E-state index contributed by atoms with van der Waals surface area (Å²) in [6.07, 6.45) is 4.30. The van der Waals surface area contributed by atoms with Crippen LogP contribution in [0.3, 0.4) is 0 Å². The largest absolute Gasteiger partial charge is 0.480 e. The van der Waals surface area contributed by atoms with Crippen LogP contribution in [0, 0.1) is 5.41 Å². The molecule has 0 aliphatic rings. The van der Waals surface area contributed by atoms with E-state index >= 15 is 0 Å². The van der Waals surface area contributed by atoms with Gasteiger partial charge >= 0.3 is 5.97 Å². The molecule has 3 nitrogen and oxygen atoms in total. The average molecular weight is 199 g/mol. The van der Waals surface area contributed by atoms with Crippen LogP contribution < -0.4 is 0 Å². The molecule has 0 saturated carbocycles. The van der Waals surface area contributed by atoms with E-state index in [2.05, 4.69) is 4.99 Å². The fourth-order valence-corrected chi connectivity index (χ4v) is 0.973. The highest BCUT2D eigenvalue weighted by atomic mass is 16.4. The summed E-state index contributed by atoms with van der Waals surface area (Å²) in [6.45, 7) is 8.08. The van der Waals surface area contributed by atoms with Crippen LogP contribution >= 0.6 is 0 Å². The lowest BCUT2D eigenvalue weighted by molar-refractivity contribution is -0.138. The molecule has 0 saturated heterocycles. The number of hydrogen-bond donors (Lipinski definition) is 1. The maximum atomic E-state index is 10.8. The molecule has 3 heteroatoms. The molecule has 0 fully saturated rings. The molecule has 0 radical (unpaired) electrons. The predicted octanol–water partition coefficient (Wildman–Crippen LogP) is 2.75. The monoisotopic (exact) mass is 199 g/mol. The van der Waals surface area contributed by atoms with Gasteiger partial charge in [0.1, 0.15) is 6.04 Å². The summed E-state index contributed by atoms with van der Waals surface area (Å²) < 4.78 is 0. The van der Waals surface area contributed by atoms with Gasteiger partial charge < -0.3 is 5.11 Å². The van der Waals surface area contributed by atoms with Crippen LogP contribution in [0.5, 0.6) is 0 Å². The second-order valence-electron chi connectivity index (χ2n) is 4.64. The Morgan fingerprint density at radius 3 is 2.43 bits per heavy atom. The summed E-state index contributed by atoms with van der Waals surface area (Å²) in [7, 11) is 0. The Morgan fingerprint density at radius 2 is 2.07 bits per heavy atom. The van der Waals surface area contributed by atoms with E-state index in [4.69, 9.17) is 5.11 Å². The Bertz CT molecular complexity index is 204. The number of carbonyl (C=O) groups is 1. The van der Waals surface area contributed by atoms with Crippen molar-refractivity contribution in [1.82, 2.24) is 0 Å². The lowest BCUT2D eigenvalue weighted by Gasteiger charge is -2.12. The molecule has 0 aliphatic heterocycles. The molecule has 82 valence electrons. The Kier molecular flexibility index (Phi) is 5.43. The molecule has 0 unspecified atom stereocenters. The molecule has 1 atom stereocenters. The third kappa shape index (κ3) is 6.63. The summed E-state index contributed by atoms with van der Waals surface area (Å²) in [6, 6.07) is -0.561. The van der Waals surface area contributed by atoms with Crippen molar-refractivity contribution >= 4 is 12.2 Å². The predicted molar refractivity (Wildman–Crippen MR) is 58.9 cm³/mol. The average Bonchev–Trinajstić information content (AvgIpc) is 2.01. The molecule has 0 spiro atoms. The van der Waals surface area contributed by atoms with Gasteiger partial charge in [0.2, 0.25) is 0 Å². The number of aliphatic imine (C=N–C) groups is 1. The van der Waals surface area contributed by atoms with Crippen molar-refractivity contribution in [3.05, 3.63) is 0 Å². The Hall–Kier alpha value is -0.860. The fourth-order valence-electron chi connectivity index (χ4n) is 0.973. The zero-order chi connectivity index (χ0) is 11.2. The summed E-state index contributed by atoms with van der Waals surface area (Å²) >= 11 is 0. The van der Waals surface area contributed by atoms with Crippen molar-refractivity contribution in [2.45, 2.75) is 53.0 Å². The highest BCUT2D eigenvalue weighted by Gasteiger charge is 2.15. The normalized spacial score (nSPS) is 14.6. The second-order valence-corrected chi connectivity index (χ2v) is 4.64. The number of carboxylic acid groups (broad SMARTS) is 1. The number of hydrogen-bond acceptors (Lipinski definition) is 2. The molecule has 0 aromatic rings. The van der Waals surface area contributed by atoms with E-state index in [1.54, 1.807) is 6.21 Å². The highest BCUT2D eigenvalue weighted by molar-refractivity contribution is 5.77. The Balaban J connectivity index is 4.23. The van der Waals surface area contributed by atoms with Crippen LogP contribution in [-0.4, -0.2) is 23.3 Å². The third-order valence-electron chi connectivity index (χ3n) is 1.76. The van der Waals surface area contributed by atoms with Crippen molar-refractivity contribution in [3.8, 4) is 0 Å². The lowest BCUT2D eigenvalue weighted by atomic mass is 9.99. The van der Waals surface area contributed by atoms with Gasteiger partial charge in [0.05, 0.1) is 0 Å². The zero-order valence-electron chi connectivity index (χ0n) is 9.58. The Labute approximate surface area is 86.2 Å². The molecule has 0 aliphatic carbocycles. The van der Waals surface area contributed by atoms with Gasteiger partial charge in [0.25, 0.3) is 0 Å². The van der Waals surface area contributed by atoms with Crippen LogP contribution in [0.25, 0.3) is 0 Å². The Morgan fingerprint density at radius 1 is 1.50 bits per heavy atom. The van der Waals surface area contributed by atoms with Gasteiger partial charge in [0.15, 0.2) is 0 Å². The molecule has 0 aromatic carbocycles. The maximum absolute atomic E-state index is 10.8. The number of unbranched alkanes of at least 4 members (excludes halogenated alkanes) is 1. The van der Waals surface area contributed by atoms with E-state index in [0.717, 1.165) is 12.8 Å². The summed E-state index contributed by atoms with van der Waals surface area (Å²) in [5.74, 6) is -0.820. The molecule has 0 rings (SSSR count). The summed E-state index contributed by atoms with van der Waals surface area (Å²) in [5.41, 5.74) is -0.0418. The van der Waals surface area contributed by atoms with Crippen LogP contribution in [0.1, 0.15) is 47.0 Å². The molecule has 1 N–H and O–H groups in total. The molecule has 0 bridgehead atoms. The van der Waals surface area contributed by atoms with Crippen molar-refractivity contribution < 1.29 is 9.90 Å². The number of carboxylic acids is 1. The van der Waals surface area contributed by atoms with Gasteiger partial charge in [-0.05, 0) is 11.8 Å². The van der Waals surface area contributed by atoms with Crippen LogP contribution in [0.4, 0.5) is 0 Å². The van der Waals surface area contributed by atoms with Gasteiger partial charge in [-0.25, -0.2) is 4.79 Å². The summed E-state index contributed by atoms with van der Waals surface area (Å²) in [4.78, 5) is 14.9. The number of nitrogens with zero attached hydrogens (tertiary/aromatic N) is 1. The van der Waals surface area contributed by atoms with Crippen molar-refractivity contribution in [2.75, 3.05) is 0 Å². The van der Waals surface area contributed by atoms with Crippen LogP contribution in [0.2, 0.25) is 0 Å². The smallest absolute Gasteiger partial charge is 0.328 e. The van der Waals surface area contributed by atoms with Gasteiger partial charge in [-0.15, -0.1) is 0 Å². The quantitative estimate of drug-likeness (QED) is 0.692. The van der Waals surface area contributed by atoms with Gasteiger partial charge in [-0.2, -0.15) is 0 Å². The first-order chi connectivity index (χ1) is 6.37. The van der Waals surface area contributed by atoms with E-state index < -0.39 is 12.0 Å². The van der Waals surface area contributed by atoms with E-state index in [1.165, 1.54) is 0 Å². The minimum absolute atomic E-state index is 0.0418.